The maximum absolute atomic E-state index is 12.9. The van der Waals surface area contributed by atoms with E-state index in [2.05, 4.69) is 10.6 Å². The number of carbonyl (C=O) groups excluding carboxylic acids is 2. The van der Waals surface area contributed by atoms with E-state index in [1.165, 1.54) is 0 Å². The highest BCUT2D eigenvalue weighted by atomic mass is 35.5. The summed E-state index contributed by atoms with van der Waals surface area (Å²) in [4.78, 5) is 27.0. The van der Waals surface area contributed by atoms with E-state index in [1.54, 1.807) is 48.2 Å². The van der Waals surface area contributed by atoms with Gasteiger partial charge in [0.25, 0.3) is 11.8 Å². The number of anilines is 1. The number of hydrogen-bond acceptors (Lipinski definition) is 3. The first-order valence-electron chi connectivity index (χ1n) is 11.2. The molecule has 4 aromatic carbocycles. The number of thioether (sulfide) groups is 1. The molecular formula is C29H25ClN2O2S. The van der Waals surface area contributed by atoms with Crippen molar-refractivity contribution in [3.63, 3.8) is 0 Å². The van der Waals surface area contributed by atoms with Crippen molar-refractivity contribution in [3.8, 4) is 0 Å². The van der Waals surface area contributed by atoms with E-state index < -0.39 is 0 Å². The molecule has 0 saturated carbocycles. The van der Waals surface area contributed by atoms with Crippen molar-refractivity contribution in [3.05, 3.63) is 130 Å². The van der Waals surface area contributed by atoms with E-state index >= 15 is 0 Å². The van der Waals surface area contributed by atoms with E-state index in [0.717, 1.165) is 26.8 Å². The zero-order valence-corrected chi connectivity index (χ0v) is 20.8. The molecule has 4 aromatic rings. The number of rotatable bonds is 8. The summed E-state index contributed by atoms with van der Waals surface area (Å²) in [6.45, 7) is 1.93. The molecule has 0 aliphatic rings. The van der Waals surface area contributed by atoms with Crippen molar-refractivity contribution in [2.75, 3.05) is 5.32 Å². The minimum absolute atomic E-state index is 0.161. The summed E-state index contributed by atoms with van der Waals surface area (Å²) in [7, 11) is 0. The fourth-order valence-corrected chi connectivity index (χ4v) is 4.51. The molecule has 176 valence electrons. The van der Waals surface area contributed by atoms with E-state index in [4.69, 9.17) is 11.6 Å². The van der Waals surface area contributed by atoms with Gasteiger partial charge in [-0.15, -0.1) is 11.8 Å². The summed E-state index contributed by atoms with van der Waals surface area (Å²) in [5, 5.41) is 6.61. The van der Waals surface area contributed by atoms with Gasteiger partial charge in [0.2, 0.25) is 0 Å². The molecule has 0 radical (unpaired) electrons. The maximum Gasteiger partial charge on any atom is 0.255 e. The lowest BCUT2D eigenvalue weighted by Gasteiger charge is -2.16. The number of benzene rings is 4. The molecule has 0 spiro atoms. The lowest BCUT2D eigenvalue weighted by atomic mass is 10.1. The van der Waals surface area contributed by atoms with Gasteiger partial charge in [0.05, 0.1) is 17.3 Å². The van der Waals surface area contributed by atoms with Crippen molar-refractivity contribution < 1.29 is 9.59 Å². The standard InChI is InChI=1S/C29H25ClN2O2S/c1-20(22-7-3-2-4-8-22)31-29(34)26-9-5-6-10-27(26)32-28(33)23-13-11-21(12-14-23)19-35-25-17-15-24(30)16-18-25/h2-18,20H,19H2,1H3,(H,31,34)(H,32,33)/t20-/m0/s1. The van der Waals surface area contributed by atoms with Gasteiger partial charge < -0.3 is 10.6 Å². The maximum atomic E-state index is 12.9. The zero-order chi connectivity index (χ0) is 24.6. The summed E-state index contributed by atoms with van der Waals surface area (Å²) in [6, 6.07) is 31.8. The first-order valence-corrected chi connectivity index (χ1v) is 12.6. The summed E-state index contributed by atoms with van der Waals surface area (Å²) in [5.74, 6) is 0.275. The molecule has 0 bridgehead atoms. The molecule has 4 nitrogen and oxygen atoms in total. The van der Waals surface area contributed by atoms with Crippen LogP contribution in [0.2, 0.25) is 5.02 Å². The van der Waals surface area contributed by atoms with Crippen LogP contribution in [0.15, 0.2) is 108 Å². The summed E-state index contributed by atoms with van der Waals surface area (Å²) >= 11 is 7.64. The predicted octanol–water partition coefficient (Wildman–Crippen LogP) is 7.38. The average molecular weight is 501 g/mol. The van der Waals surface area contributed by atoms with E-state index in [0.29, 0.717) is 16.8 Å². The Morgan fingerprint density at radius 2 is 1.46 bits per heavy atom. The Morgan fingerprint density at radius 3 is 2.17 bits per heavy atom. The lowest BCUT2D eigenvalue weighted by molar-refractivity contribution is 0.0940. The molecule has 0 aliphatic heterocycles. The van der Waals surface area contributed by atoms with Gasteiger partial charge in [-0.2, -0.15) is 0 Å². The molecule has 35 heavy (non-hydrogen) atoms. The van der Waals surface area contributed by atoms with Crippen molar-refractivity contribution in [1.82, 2.24) is 5.32 Å². The molecule has 0 aromatic heterocycles. The van der Waals surface area contributed by atoms with E-state index in [1.807, 2.05) is 73.7 Å². The van der Waals surface area contributed by atoms with Crippen LogP contribution in [0.1, 0.15) is 44.8 Å². The average Bonchev–Trinajstić information content (AvgIpc) is 2.89. The Kier molecular flexibility index (Phi) is 8.24. The molecule has 4 rings (SSSR count). The third-order valence-electron chi connectivity index (χ3n) is 5.50. The van der Waals surface area contributed by atoms with Crippen LogP contribution >= 0.6 is 23.4 Å². The Balaban J connectivity index is 1.39. The van der Waals surface area contributed by atoms with Crippen LogP contribution in [0.3, 0.4) is 0 Å². The van der Waals surface area contributed by atoms with Crippen LogP contribution in [-0.2, 0) is 5.75 Å². The van der Waals surface area contributed by atoms with Crippen molar-refractivity contribution in [1.29, 1.82) is 0 Å². The second-order valence-electron chi connectivity index (χ2n) is 8.05. The number of halogens is 1. The SMILES string of the molecule is C[C@H](NC(=O)c1ccccc1NC(=O)c1ccc(CSc2ccc(Cl)cc2)cc1)c1ccccc1. The summed E-state index contributed by atoms with van der Waals surface area (Å²) in [5.41, 5.74) is 3.53. The number of carbonyl (C=O) groups is 2. The minimum Gasteiger partial charge on any atom is -0.345 e. The van der Waals surface area contributed by atoms with Crippen LogP contribution in [0.5, 0.6) is 0 Å². The van der Waals surface area contributed by atoms with Crippen molar-refractivity contribution in [2.45, 2.75) is 23.6 Å². The van der Waals surface area contributed by atoms with Gasteiger partial charge in [-0.1, -0.05) is 66.2 Å². The molecular weight excluding hydrogens is 476 g/mol. The van der Waals surface area contributed by atoms with Gasteiger partial charge in [-0.25, -0.2) is 0 Å². The molecule has 6 heteroatoms. The van der Waals surface area contributed by atoms with Crippen LogP contribution in [-0.4, -0.2) is 11.8 Å². The minimum atomic E-state index is -0.265. The van der Waals surface area contributed by atoms with Gasteiger partial charge in [0.15, 0.2) is 0 Å². The molecule has 1 atom stereocenters. The molecule has 2 N–H and O–H groups in total. The van der Waals surface area contributed by atoms with Crippen LogP contribution in [0, 0.1) is 0 Å². The quantitative estimate of drug-likeness (QED) is 0.248. The fourth-order valence-electron chi connectivity index (χ4n) is 3.53. The Bertz CT molecular complexity index is 1290. The smallest absolute Gasteiger partial charge is 0.255 e. The molecule has 0 unspecified atom stereocenters. The van der Waals surface area contributed by atoms with Crippen molar-refractivity contribution >= 4 is 40.9 Å². The fraction of sp³-hybridized carbons (Fsp3) is 0.103. The second-order valence-corrected chi connectivity index (χ2v) is 9.53. The Morgan fingerprint density at radius 1 is 0.800 bits per heavy atom. The first-order chi connectivity index (χ1) is 17.0. The van der Waals surface area contributed by atoms with Gasteiger partial charge >= 0.3 is 0 Å². The molecule has 0 aliphatic carbocycles. The highest BCUT2D eigenvalue weighted by molar-refractivity contribution is 7.98. The van der Waals surface area contributed by atoms with Gasteiger partial charge in [0.1, 0.15) is 0 Å². The van der Waals surface area contributed by atoms with Crippen LogP contribution < -0.4 is 10.6 Å². The third kappa shape index (κ3) is 6.75. The lowest BCUT2D eigenvalue weighted by Crippen LogP contribution is -2.28. The van der Waals surface area contributed by atoms with Crippen LogP contribution in [0.4, 0.5) is 5.69 Å². The molecule has 0 heterocycles. The zero-order valence-electron chi connectivity index (χ0n) is 19.2. The first kappa shape index (κ1) is 24.6. The van der Waals surface area contributed by atoms with Gasteiger partial charge in [-0.3, -0.25) is 9.59 Å². The molecule has 0 saturated heterocycles. The monoisotopic (exact) mass is 500 g/mol. The Labute approximate surface area is 214 Å². The Hall–Kier alpha value is -3.54. The summed E-state index contributed by atoms with van der Waals surface area (Å²) in [6.07, 6.45) is 0. The molecule has 2 amide bonds. The number of para-hydroxylation sites is 1. The van der Waals surface area contributed by atoms with E-state index in [-0.39, 0.29) is 17.9 Å². The number of amides is 2. The number of nitrogens with one attached hydrogen (secondary N) is 2. The number of hydrogen-bond donors (Lipinski definition) is 2. The third-order valence-corrected chi connectivity index (χ3v) is 6.84. The summed E-state index contributed by atoms with van der Waals surface area (Å²) < 4.78 is 0. The predicted molar refractivity (Wildman–Crippen MR) is 144 cm³/mol. The molecule has 0 fully saturated rings. The van der Waals surface area contributed by atoms with Gasteiger partial charge in [0, 0.05) is 21.2 Å². The van der Waals surface area contributed by atoms with Crippen molar-refractivity contribution in [2.24, 2.45) is 0 Å². The van der Waals surface area contributed by atoms with E-state index in [9.17, 15) is 9.59 Å². The van der Waals surface area contributed by atoms with Crippen LogP contribution in [0.25, 0.3) is 0 Å². The highest BCUT2D eigenvalue weighted by Crippen LogP contribution is 2.25. The highest BCUT2D eigenvalue weighted by Gasteiger charge is 2.16. The second kappa shape index (κ2) is 11.7. The largest absolute Gasteiger partial charge is 0.345 e. The van der Waals surface area contributed by atoms with Gasteiger partial charge in [-0.05, 0) is 66.6 Å². The topological polar surface area (TPSA) is 58.2 Å². The normalized spacial score (nSPS) is 11.5.